The standard InChI is InChI=1S/C13H20O2/c1-2-12(10-14)13(15)9-8-11-6-4-3-5-7-11/h3-7,12-15H,2,8-10H2,1H3/t12-,13+/m0/s1. The minimum Gasteiger partial charge on any atom is -0.396 e. The third-order valence-corrected chi connectivity index (χ3v) is 2.87. The van der Waals surface area contributed by atoms with Crippen LogP contribution in [0.25, 0.3) is 0 Å². The van der Waals surface area contributed by atoms with Crippen LogP contribution in [0, 0.1) is 5.92 Å². The van der Waals surface area contributed by atoms with Crippen molar-refractivity contribution in [2.45, 2.75) is 32.3 Å². The van der Waals surface area contributed by atoms with Gasteiger partial charge >= 0.3 is 0 Å². The van der Waals surface area contributed by atoms with Crippen LogP contribution in [-0.2, 0) is 6.42 Å². The van der Waals surface area contributed by atoms with Gasteiger partial charge in [-0.1, -0.05) is 37.3 Å². The van der Waals surface area contributed by atoms with Gasteiger partial charge < -0.3 is 10.2 Å². The molecule has 0 aliphatic heterocycles. The summed E-state index contributed by atoms with van der Waals surface area (Å²) in [6, 6.07) is 10.1. The predicted molar refractivity (Wildman–Crippen MR) is 61.6 cm³/mol. The molecule has 15 heavy (non-hydrogen) atoms. The molecule has 2 nitrogen and oxygen atoms in total. The monoisotopic (exact) mass is 208 g/mol. The Morgan fingerprint density at radius 2 is 1.87 bits per heavy atom. The van der Waals surface area contributed by atoms with Crippen molar-refractivity contribution < 1.29 is 10.2 Å². The topological polar surface area (TPSA) is 40.5 Å². The molecular weight excluding hydrogens is 188 g/mol. The number of aliphatic hydroxyl groups is 2. The first kappa shape index (κ1) is 12.2. The molecule has 0 amide bonds. The first-order chi connectivity index (χ1) is 7.27. The van der Waals surface area contributed by atoms with Crippen molar-refractivity contribution in [2.24, 2.45) is 5.92 Å². The molecule has 0 aromatic heterocycles. The second-order valence-electron chi connectivity index (χ2n) is 3.94. The lowest BCUT2D eigenvalue weighted by Gasteiger charge is -2.19. The molecule has 0 saturated carbocycles. The quantitative estimate of drug-likeness (QED) is 0.750. The van der Waals surface area contributed by atoms with Crippen LogP contribution < -0.4 is 0 Å². The van der Waals surface area contributed by atoms with Gasteiger partial charge in [0.1, 0.15) is 0 Å². The van der Waals surface area contributed by atoms with Crippen LogP contribution in [0.2, 0.25) is 0 Å². The van der Waals surface area contributed by atoms with Crippen molar-refractivity contribution in [3.63, 3.8) is 0 Å². The summed E-state index contributed by atoms with van der Waals surface area (Å²) < 4.78 is 0. The molecule has 2 N–H and O–H groups in total. The lowest BCUT2D eigenvalue weighted by Crippen LogP contribution is -2.23. The second-order valence-corrected chi connectivity index (χ2v) is 3.94. The van der Waals surface area contributed by atoms with E-state index in [9.17, 15) is 5.11 Å². The third kappa shape index (κ3) is 4.02. The van der Waals surface area contributed by atoms with E-state index in [1.165, 1.54) is 5.56 Å². The van der Waals surface area contributed by atoms with E-state index in [-0.39, 0.29) is 18.6 Å². The summed E-state index contributed by atoms with van der Waals surface area (Å²) in [5, 5.41) is 18.8. The van der Waals surface area contributed by atoms with Gasteiger partial charge in [0.25, 0.3) is 0 Å². The van der Waals surface area contributed by atoms with Crippen molar-refractivity contribution in [2.75, 3.05) is 6.61 Å². The van der Waals surface area contributed by atoms with Gasteiger partial charge in [0.15, 0.2) is 0 Å². The molecule has 0 spiro atoms. The van der Waals surface area contributed by atoms with E-state index >= 15 is 0 Å². The summed E-state index contributed by atoms with van der Waals surface area (Å²) in [5.74, 6) is 0.0220. The summed E-state index contributed by atoms with van der Waals surface area (Å²) in [7, 11) is 0. The van der Waals surface area contributed by atoms with Crippen LogP contribution in [0.4, 0.5) is 0 Å². The Morgan fingerprint density at radius 3 is 2.40 bits per heavy atom. The Bertz CT molecular complexity index is 254. The van der Waals surface area contributed by atoms with E-state index in [1.807, 2.05) is 25.1 Å². The molecule has 0 aliphatic carbocycles. The highest BCUT2D eigenvalue weighted by Crippen LogP contribution is 2.14. The molecule has 1 aromatic carbocycles. The highest BCUT2D eigenvalue weighted by Gasteiger charge is 2.15. The van der Waals surface area contributed by atoms with E-state index in [0.29, 0.717) is 0 Å². The highest BCUT2D eigenvalue weighted by atomic mass is 16.3. The van der Waals surface area contributed by atoms with Crippen molar-refractivity contribution in [1.29, 1.82) is 0 Å². The Balaban J connectivity index is 2.36. The Morgan fingerprint density at radius 1 is 1.20 bits per heavy atom. The molecular formula is C13H20O2. The Labute approximate surface area is 91.6 Å². The van der Waals surface area contributed by atoms with Crippen molar-refractivity contribution in [1.82, 2.24) is 0 Å². The molecule has 0 heterocycles. The normalized spacial score (nSPS) is 14.9. The van der Waals surface area contributed by atoms with E-state index in [1.54, 1.807) is 0 Å². The summed E-state index contributed by atoms with van der Waals surface area (Å²) >= 11 is 0. The molecule has 1 aromatic rings. The van der Waals surface area contributed by atoms with Crippen molar-refractivity contribution in [3.05, 3.63) is 35.9 Å². The summed E-state index contributed by atoms with van der Waals surface area (Å²) in [4.78, 5) is 0. The lowest BCUT2D eigenvalue weighted by molar-refractivity contribution is 0.0591. The van der Waals surface area contributed by atoms with Gasteiger partial charge in [-0.05, 0) is 24.8 Å². The number of benzene rings is 1. The molecule has 2 atom stereocenters. The average Bonchev–Trinajstić information content (AvgIpc) is 2.29. The SMILES string of the molecule is CC[C@@H](CO)[C@H](O)CCc1ccccc1. The van der Waals surface area contributed by atoms with Crippen LogP contribution in [0.5, 0.6) is 0 Å². The second kappa shape index (κ2) is 6.59. The maximum atomic E-state index is 9.81. The van der Waals surface area contributed by atoms with Gasteiger partial charge in [-0.2, -0.15) is 0 Å². The maximum Gasteiger partial charge on any atom is 0.0593 e. The first-order valence-corrected chi connectivity index (χ1v) is 5.60. The van der Waals surface area contributed by atoms with E-state index in [4.69, 9.17) is 5.11 Å². The number of hydrogen-bond donors (Lipinski definition) is 2. The number of aryl methyl sites for hydroxylation is 1. The molecule has 1 rings (SSSR count). The summed E-state index contributed by atoms with van der Waals surface area (Å²) in [6.07, 6.45) is 2.04. The zero-order valence-corrected chi connectivity index (χ0v) is 9.26. The van der Waals surface area contributed by atoms with E-state index in [0.717, 1.165) is 19.3 Å². The van der Waals surface area contributed by atoms with Gasteiger partial charge in [-0.25, -0.2) is 0 Å². The van der Waals surface area contributed by atoms with Crippen LogP contribution in [0.15, 0.2) is 30.3 Å². The fourth-order valence-corrected chi connectivity index (χ4v) is 1.72. The first-order valence-electron chi connectivity index (χ1n) is 5.60. The number of aliphatic hydroxyl groups excluding tert-OH is 2. The van der Waals surface area contributed by atoms with Crippen LogP contribution >= 0.6 is 0 Å². The highest BCUT2D eigenvalue weighted by molar-refractivity contribution is 5.14. The van der Waals surface area contributed by atoms with Crippen LogP contribution in [0.1, 0.15) is 25.3 Å². The summed E-state index contributed by atoms with van der Waals surface area (Å²) in [6.45, 7) is 2.07. The van der Waals surface area contributed by atoms with E-state index in [2.05, 4.69) is 12.1 Å². The van der Waals surface area contributed by atoms with Crippen LogP contribution in [-0.4, -0.2) is 22.9 Å². The van der Waals surface area contributed by atoms with Gasteiger partial charge in [0, 0.05) is 12.5 Å². The fourth-order valence-electron chi connectivity index (χ4n) is 1.72. The average molecular weight is 208 g/mol. The largest absolute Gasteiger partial charge is 0.396 e. The lowest BCUT2D eigenvalue weighted by atomic mass is 9.95. The zero-order chi connectivity index (χ0) is 11.1. The fraction of sp³-hybridized carbons (Fsp3) is 0.538. The third-order valence-electron chi connectivity index (χ3n) is 2.87. The van der Waals surface area contributed by atoms with Gasteiger partial charge in [0.2, 0.25) is 0 Å². The molecule has 0 radical (unpaired) electrons. The number of rotatable bonds is 6. The predicted octanol–water partition coefficient (Wildman–Crippen LogP) is 2.00. The molecule has 2 heteroatoms. The van der Waals surface area contributed by atoms with Gasteiger partial charge in [-0.15, -0.1) is 0 Å². The van der Waals surface area contributed by atoms with Crippen LogP contribution in [0.3, 0.4) is 0 Å². The van der Waals surface area contributed by atoms with Crippen molar-refractivity contribution in [3.8, 4) is 0 Å². The van der Waals surface area contributed by atoms with Gasteiger partial charge in [0.05, 0.1) is 6.10 Å². The molecule has 0 unspecified atom stereocenters. The van der Waals surface area contributed by atoms with Crippen molar-refractivity contribution >= 4 is 0 Å². The Hall–Kier alpha value is -0.860. The Kier molecular flexibility index (Phi) is 5.37. The molecule has 0 bridgehead atoms. The molecule has 0 fully saturated rings. The zero-order valence-electron chi connectivity index (χ0n) is 9.26. The molecule has 0 aliphatic rings. The van der Waals surface area contributed by atoms with Gasteiger partial charge in [-0.3, -0.25) is 0 Å². The molecule has 0 saturated heterocycles. The maximum absolute atomic E-state index is 9.81. The minimum absolute atomic E-state index is 0.0220. The smallest absolute Gasteiger partial charge is 0.0593 e. The number of hydrogen-bond acceptors (Lipinski definition) is 2. The molecule has 84 valence electrons. The van der Waals surface area contributed by atoms with E-state index < -0.39 is 0 Å². The summed E-state index contributed by atoms with van der Waals surface area (Å²) in [5.41, 5.74) is 1.24. The minimum atomic E-state index is -0.389.